The van der Waals surface area contributed by atoms with Gasteiger partial charge in [-0.2, -0.15) is 0 Å². The Bertz CT molecular complexity index is 358. The van der Waals surface area contributed by atoms with Crippen LogP contribution in [0.1, 0.15) is 42.6 Å². The first kappa shape index (κ1) is 13.9. The van der Waals surface area contributed by atoms with Gasteiger partial charge in [0.15, 0.2) is 5.78 Å². The van der Waals surface area contributed by atoms with Gasteiger partial charge in [0.1, 0.15) is 0 Å². The fraction of sp³-hybridized carbons (Fsp3) is 0.533. The number of hydrogen-bond acceptors (Lipinski definition) is 2. The van der Waals surface area contributed by atoms with Gasteiger partial charge in [0.2, 0.25) is 0 Å². The molecule has 0 atom stereocenters. The molecule has 0 aromatic heterocycles. The highest BCUT2D eigenvalue weighted by atomic mass is 16.1. The molecule has 1 aromatic rings. The molecule has 0 spiro atoms. The second-order valence-corrected chi connectivity index (χ2v) is 4.87. The average molecular weight is 233 g/mol. The number of carbonyl (C=O) groups excluding carboxylic acids is 1. The third kappa shape index (κ3) is 4.70. The van der Waals surface area contributed by atoms with Crippen LogP contribution in [0, 0.1) is 5.92 Å². The van der Waals surface area contributed by atoms with Gasteiger partial charge < -0.3 is 5.32 Å². The largest absolute Gasteiger partial charge is 0.319 e. The normalized spacial score (nSPS) is 10.8. The van der Waals surface area contributed by atoms with E-state index in [1.165, 1.54) is 0 Å². The van der Waals surface area contributed by atoms with Crippen molar-refractivity contribution in [1.82, 2.24) is 5.32 Å². The van der Waals surface area contributed by atoms with Crippen molar-refractivity contribution in [2.45, 2.75) is 33.1 Å². The molecule has 17 heavy (non-hydrogen) atoms. The molecule has 0 saturated heterocycles. The van der Waals surface area contributed by atoms with E-state index < -0.39 is 0 Å². The highest BCUT2D eigenvalue weighted by Gasteiger charge is 2.10. The molecule has 0 aliphatic carbocycles. The number of benzene rings is 1. The van der Waals surface area contributed by atoms with Crippen LogP contribution in [-0.4, -0.2) is 19.4 Å². The smallest absolute Gasteiger partial charge is 0.163 e. The van der Waals surface area contributed by atoms with Crippen LogP contribution < -0.4 is 5.32 Å². The molecule has 0 amide bonds. The lowest BCUT2D eigenvalue weighted by molar-refractivity contribution is 0.0974. The summed E-state index contributed by atoms with van der Waals surface area (Å²) >= 11 is 0. The molecule has 0 radical (unpaired) electrons. The standard InChI is InChI=1S/C15H23NO/c1-12(2)8-9-15(17)14-7-5-4-6-13(14)10-11-16-3/h4-7,12,16H,8-11H2,1-3H3. The summed E-state index contributed by atoms with van der Waals surface area (Å²) in [6.45, 7) is 5.22. The van der Waals surface area contributed by atoms with E-state index in [4.69, 9.17) is 0 Å². The van der Waals surface area contributed by atoms with Gasteiger partial charge >= 0.3 is 0 Å². The van der Waals surface area contributed by atoms with E-state index in [2.05, 4.69) is 25.2 Å². The third-order valence-corrected chi connectivity index (χ3v) is 2.91. The van der Waals surface area contributed by atoms with Gasteiger partial charge in [-0.05, 0) is 37.9 Å². The zero-order valence-electron chi connectivity index (χ0n) is 11.1. The monoisotopic (exact) mass is 233 g/mol. The molecule has 0 fully saturated rings. The Kier molecular flexibility index (Phi) is 5.92. The summed E-state index contributed by atoms with van der Waals surface area (Å²) in [4.78, 5) is 12.1. The van der Waals surface area contributed by atoms with Crippen molar-refractivity contribution in [2.75, 3.05) is 13.6 Å². The highest BCUT2D eigenvalue weighted by molar-refractivity contribution is 5.97. The quantitative estimate of drug-likeness (QED) is 0.733. The lowest BCUT2D eigenvalue weighted by Gasteiger charge is -2.09. The summed E-state index contributed by atoms with van der Waals surface area (Å²) in [6, 6.07) is 7.96. The van der Waals surface area contributed by atoms with Gasteiger partial charge in [-0.1, -0.05) is 38.1 Å². The predicted octanol–water partition coefficient (Wildman–Crippen LogP) is 3.07. The third-order valence-electron chi connectivity index (χ3n) is 2.91. The Labute approximate surface area is 104 Å². The van der Waals surface area contributed by atoms with Crippen molar-refractivity contribution in [3.8, 4) is 0 Å². The van der Waals surface area contributed by atoms with Crippen LogP contribution >= 0.6 is 0 Å². The number of hydrogen-bond donors (Lipinski definition) is 1. The van der Waals surface area contributed by atoms with Crippen molar-refractivity contribution in [3.05, 3.63) is 35.4 Å². The Balaban J connectivity index is 2.70. The van der Waals surface area contributed by atoms with Crippen LogP contribution in [0.4, 0.5) is 0 Å². The molecule has 2 nitrogen and oxygen atoms in total. The minimum Gasteiger partial charge on any atom is -0.319 e. The Morgan fingerprint density at radius 1 is 1.29 bits per heavy atom. The Morgan fingerprint density at radius 3 is 2.65 bits per heavy atom. The molecule has 0 bridgehead atoms. The zero-order chi connectivity index (χ0) is 12.7. The minimum atomic E-state index is 0.283. The van der Waals surface area contributed by atoms with Gasteiger partial charge in [-0.25, -0.2) is 0 Å². The molecule has 0 heterocycles. The van der Waals surface area contributed by atoms with Crippen molar-refractivity contribution in [2.24, 2.45) is 5.92 Å². The van der Waals surface area contributed by atoms with Crippen LogP contribution in [0.2, 0.25) is 0 Å². The number of likely N-dealkylation sites (N-methyl/N-ethyl adjacent to an activating group) is 1. The molecule has 0 saturated carbocycles. The topological polar surface area (TPSA) is 29.1 Å². The van der Waals surface area contributed by atoms with E-state index in [9.17, 15) is 4.79 Å². The van der Waals surface area contributed by atoms with Crippen LogP contribution in [0.25, 0.3) is 0 Å². The van der Waals surface area contributed by atoms with Gasteiger partial charge in [-0.15, -0.1) is 0 Å². The maximum absolute atomic E-state index is 12.1. The second kappa shape index (κ2) is 7.23. The van der Waals surface area contributed by atoms with Crippen molar-refractivity contribution in [3.63, 3.8) is 0 Å². The molecular formula is C15H23NO. The molecule has 0 aliphatic rings. The molecule has 1 rings (SSSR count). The molecule has 0 unspecified atom stereocenters. The lowest BCUT2D eigenvalue weighted by atomic mass is 9.96. The molecule has 94 valence electrons. The lowest BCUT2D eigenvalue weighted by Crippen LogP contribution is -2.13. The van der Waals surface area contributed by atoms with Crippen molar-refractivity contribution in [1.29, 1.82) is 0 Å². The van der Waals surface area contributed by atoms with Crippen LogP contribution in [-0.2, 0) is 6.42 Å². The van der Waals surface area contributed by atoms with Gasteiger partial charge in [0, 0.05) is 12.0 Å². The maximum Gasteiger partial charge on any atom is 0.163 e. The number of nitrogens with one attached hydrogen (secondary N) is 1. The van der Waals surface area contributed by atoms with Gasteiger partial charge in [0.25, 0.3) is 0 Å². The molecule has 0 aliphatic heterocycles. The fourth-order valence-corrected chi connectivity index (χ4v) is 1.82. The van der Waals surface area contributed by atoms with Crippen LogP contribution in [0.5, 0.6) is 0 Å². The molecular weight excluding hydrogens is 210 g/mol. The Hall–Kier alpha value is -1.15. The summed E-state index contributed by atoms with van der Waals surface area (Å²) in [5, 5.41) is 3.12. The average Bonchev–Trinajstić information content (AvgIpc) is 2.33. The first-order valence-electron chi connectivity index (χ1n) is 6.41. The number of Topliss-reactive ketones (excluding diaryl/α,β-unsaturated/α-hetero) is 1. The summed E-state index contributed by atoms with van der Waals surface area (Å²) in [5.74, 6) is 0.869. The summed E-state index contributed by atoms with van der Waals surface area (Å²) < 4.78 is 0. The summed E-state index contributed by atoms with van der Waals surface area (Å²) in [6.07, 6.45) is 2.55. The Morgan fingerprint density at radius 2 is 2.00 bits per heavy atom. The molecule has 2 heteroatoms. The first-order valence-corrected chi connectivity index (χ1v) is 6.41. The van der Waals surface area contributed by atoms with Gasteiger partial charge in [-0.3, -0.25) is 4.79 Å². The van der Waals surface area contributed by atoms with Crippen molar-refractivity contribution < 1.29 is 4.79 Å². The minimum absolute atomic E-state index is 0.283. The second-order valence-electron chi connectivity index (χ2n) is 4.87. The number of ketones is 1. The van der Waals surface area contributed by atoms with Crippen LogP contribution in [0.3, 0.4) is 0 Å². The zero-order valence-corrected chi connectivity index (χ0v) is 11.1. The molecule has 1 aromatic carbocycles. The SMILES string of the molecule is CNCCc1ccccc1C(=O)CCC(C)C. The molecule has 1 N–H and O–H groups in total. The first-order chi connectivity index (χ1) is 8.15. The van der Waals surface area contributed by atoms with E-state index in [0.717, 1.165) is 30.5 Å². The summed E-state index contributed by atoms with van der Waals surface area (Å²) in [7, 11) is 1.93. The number of carbonyl (C=O) groups is 1. The highest BCUT2D eigenvalue weighted by Crippen LogP contribution is 2.15. The van der Waals surface area contributed by atoms with Crippen molar-refractivity contribution >= 4 is 5.78 Å². The van der Waals surface area contributed by atoms with E-state index >= 15 is 0 Å². The van der Waals surface area contributed by atoms with Gasteiger partial charge in [0.05, 0.1) is 0 Å². The maximum atomic E-state index is 12.1. The van der Waals surface area contributed by atoms with E-state index in [0.29, 0.717) is 12.3 Å². The predicted molar refractivity (Wildman–Crippen MR) is 72.5 cm³/mol. The fourth-order valence-electron chi connectivity index (χ4n) is 1.82. The van der Waals surface area contributed by atoms with E-state index in [1.54, 1.807) is 0 Å². The number of rotatable bonds is 7. The van der Waals surface area contributed by atoms with E-state index in [-0.39, 0.29) is 5.78 Å². The van der Waals surface area contributed by atoms with Crippen LogP contribution in [0.15, 0.2) is 24.3 Å². The summed E-state index contributed by atoms with van der Waals surface area (Å²) in [5.41, 5.74) is 2.07. The van der Waals surface area contributed by atoms with E-state index in [1.807, 2.05) is 25.2 Å².